The number of halogens is 1. The predicted molar refractivity (Wildman–Crippen MR) is 60.5 cm³/mol. The Morgan fingerprint density at radius 1 is 1.33 bits per heavy atom. The van der Waals surface area contributed by atoms with Gasteiger partial charge in [0.1, 0.15) is 5.82 Å². The van der Waals surface area contributed by atoms with Gasteiger partial charge in [-0.1, -0.05) is 6.07 Å². The zero-order chi connectivity index (χ0) is 10.5. The normalized spacial score (nSPS) is 17.7. The summed E-state index contributed by atoms with van der Waals surface area (Å²) in [6, 6.07) is 6.65. The van der Waals surface area contributed by atoms with Crippen molar-refractivity contribution in [2.24, 2.45) is 5.92 Å². The SMILES string of the molecule is Fc1cccc(NCC2CCNCC2)c1. The van der Waals surface area contributed by atoms with E-state index in [-0.39, 0.29) is 5.82 Å². The lowest BCUT2D eigenvalue weighted by Crippen LogP contribution is -2.31. The third-order valence-corrected chi connectivity index (χ3v) is 2.88. The van der Waals surface area contributed by atoms with Crippen LogP contribution in [0.25, 0.3) is 0 Å². The van der Waals surface area contributed by atoms with Crippen molar-refractivity contribution in [3.8, 4) is 0 Å². The summed E-state index contributed by atoms with van der Waals surface area (Å²) in [4.78, 5) is 0. The van der Waals surface area contributed by atoms with Crippen molar-refractivity contribution in [3.63, 3.8) is 0 Å². The molecule has 2 rings (SSSR count). The predicted octanol–water partition coefficient (Wildman–Crippen LogP) is 2.24. The summed E-state index contributed by atoms with van der Waals surface area (Å²) in [5.41, 5.74) is 0.883. The summed E-state index contributed by atoms with van der Waals surface area (Å²) >= 11 is 0. The van der Waals surface area contributed by atoms with Crippen molar-refractivity contribution >= 4 is 5.69 Å². The maximum absolute atomic E-state index is 12.9. The Morgan fingerprint density at radius 3 is 2.87 bits per heavy atom. The zero-order valence-electron chi connectivity index (χ0n) is 8.80. The Balaban J connectivity index is 1.81. The number of rotatable bonds is 3. The second-order valence-corrected chi connectivity index (χ2v) is 4.08. The highest BCUT2D eigenvalue weighted by Crippen LogP contribution is 2.14. The summed E-state index contributed by atoms with van der Waals surface area (Å²) in [7, 11) is 0. The molecule has 0 saturated carbocycles. The Hall–Kier alpha value is -1.09. The van der Waals surface area contributed by atoms with Crippen LogP contribution in [0.4, 0.5) is 10.1 Å². The quantitative estimate of drug-likeness (QED) is 0.796. The van der Waals surface area contributed by atoms with E-state index in [1.807, 2.05) is 6.07 Å². The van der Waals surface area contributed by atoms with Crippen molar-refractivity contribution in [3.05, 3.63) is 30.1 Å². The fourth-order valence-electron chi connectivity index (χ4n) is 1.95. The molecular formula is C12H17FN2. The molecule has 1 aromatic carbocycles. The first-order chi connectivity index (χ1) is 7.34. The maximum Gasteiger partial charge on any atom is 0.125 e. The summed E-state index contributed by atoms with van der Waals surface area (Å²) in [5, 5.41) is 6.62. The summed E-state index contributed by atoms with van der Waals surface area (Å²) in [6.07, 6.45) is 2.42. The van der Waals surface area contributed by atoms with Gasteiger partial charge in [0.25, 0.3) is 0 Å². The molecule has 0 bridgehead atoms. The lowest BCUT2D eigenvalue weighted by molar-refractivity contribution is 0.390. The van der Waals surface area contributed by atoms with E-state index >= 15 is 0 Å². The van der Waals surface area contributed by atoms with Gasteiger partial charge in [-0.25, -0.2) is 4.39 Å². The second kappa shape index (κ2) is 5.12. The number of hydrogen-bond acceptors (Lipinski definition) is 2. The molecule has 2 nitrogen and oxygen atoms in total. The molecule has 0 aliphatic carbocycles. The van der Waals surface area contributed by atoms with Crippen LogP contribution in [0.15, 0.2) is 24.3 Å². The third kappa shape index (κ3) is 3.20. The van der Waals surface area contributed by atoms with E-state index in [9.17, 15) is 4.39 Å². The first-order valence-corrected chi connectivity index (χ1v) is 5.55. The Kier molecular flexibility index (Phi) is 3.56. The molecule has 3 heteroatoms. The van der Waals surface area contributed by atoms with Crippen LogP contribution in [0.5, 0.6) is 0 Å². The Labute approximate surface area is 89.9 Å². The van der Waals surface area contributed by atoms with Gasteiger partial charge in [0.2, 0.25) is 0 Å². The van der Waals surface area contributed by atoms with E-state index in [2.05, 4.69) is 10.6 Å². The van der Waals surface area contributed by atoms with Crippen molar-refractivity contribution in [1.82, 2.24) is 5.32 Å². The molecule has 0 atom stereocenters. The maximum atomic E-state index is 12.9. The van der Waals surface area contributed by atoms with Crippen LogP contribution in [-0.2, 0) is 0 Å². The summed E-state index contributed by atoms with van der Waals surface area (Å²) in [5.74, 6) is 0.542. The molecule has 15 heavy (non-hydrogen) atoms. The molecule has 1 fully saturated rings. The van der Waals surface area contributed by atoms with E-state index in [0.717, 1.165) is 31.2 Å². The fraction of sp³-hybridized carbons (Fsp3) is 0.500. The lowest BCUT2D eigenvalue weighted by Gasteiger charge is -2.23. The molecule has 0 spiro atoms. The van der Waals surface area contributed by atoms with Crippen LogP contribution in [-0.4, -0.2) is 19.6 Å². The molecule has 1 aliphatic heterocycles. The minimum absolute atomic E-state index is 0.176. The third-order valence-electron chi connectivity index (χ3n) is 2.88. The molecule has 0 amide bonds. The lowest BCUT2D eigenvalue weighted by atomic mass is 9.98. The number of nitrogens with one attached hydrogen (secondary N) is 2. The smallest absolute Gasteiger partial charge is 0.125 e. The van der Waals surface area contributed by atoms with Gasteiger partial charge in [-0.05, 0) is 50.0 Å². The van der Waals surface area contributed by atoms with E-state index in [1.165, 1.54) is 18.9 Å². The number of hydrogen-bond donors (Lipinski definition) is 2. The Morgan fingerprint density at radius 2 is 2.13 bits per heavy atom. The highest BCUT2D eigenvalue weighted by Gasteiger charge is 2.12. The average molecular weight is 208 g/mol. The van der Waals surface area contributed by atoms with Crippen LogP contribution in [0.2, 0.25) is 0 Å². The van der Waals surface area contributed by atoms with E-state index in [1.54, 1.807) is 12.1 Å². The van der Waals surface area contributed by atoms with Gasteiger partial charge >= 0.3 is 0 Å². The van der Waals surface area contributed by atoms with Gasteiger partial charge in [0, 0.05) is 12.2 Å². The summed E-state index contributed by atoms with van der Waals surface area (Å²) in [6.45, 7) is 3.16. The topological polar surface area (TPSA) is 24.1 Å². The second-order valence-electron chi connectivity index (χ2n) is 4.08. The van der Waals surface area contributed by atoms with Gasteiger partial charge in [0.05, 0.1) is 0 Å². The standard InChI is InChI=1S/C12H17FN2/c13-11-2-1-3-12(8-11)15-9-10-4-6-14-7-5-10/h1-3,8,10,14-15H,4-7,9H2. The van der Waals surface area contributed by atoms with Crippen molar-refractivity contribution < 1.29 is 4.39 Å². The van der Waals surface area contributed by atoms with Crippen LogP contribution < -0.4 is 10.6 Å². The van der Waals surface area contributed by atoms with Crippen LogP contribution in [0.3, 0.4) is 0 Å². The molecular weight excluding hydrogens is 191 g/mol. The fourth-order valence-corrected chi connectivity index (χ4v) is 1.95. The number of anilines is 1. The summed E-state index contributed by atoms with van der Waals surface area (Å²) < 4.78 is 12.9. The van der Waals surface area contributed by atoms with Gasteiger partial charge in [0.15, 0.2) is 0 Å². The molecule has 1 heterocycles. The number of benzene rings is 1. The Bertz CT molecular complexity index is 308. The highest BCUT2D eigenvalue weighted by atomic mass is 19.1. The van der Waals surface area contributed by atoms with E-state index in [4.69, 9.17) is 0 Å². The molecule has 1 aliphatic rings. The van der Waals surface area contributed by atoms with Gasteiger partial charge in [-0.15, -0.1) is 0 Å². The van der Waals surface area contributed by atoms with Gasteiger partial charge in [-0.2, -0.15) is 0 Å². The first-order valence-electron chi connectivity index (χ1n) is 5.55. The molecule has 82 valence electrons. The average Bonchev–Trinajstić information content (AvgIpc) is 2.28. The number of piperidine rings is 1. The first kappa shape index (κ1) is 10.4. The van der Waals surface area contributed by atoms with Gasteiger partial charge < -0.3 is 10.6 Å². The van der Waals surface area contributed by atoms with Crippen molar-refractivity contribution in [1.29, 1.82) is 0 Å². The monoisotopic (exact) mass is 208 g/mol. The molecule has 1 aromatic rings. The molecule has 0 radical (unpaired) electrons. The molecule has 2 N–H and O–H groups in total. The zero-order valence-corrected chi connectivity index (χ0v) is 8.80. The largest absolute Gasteiger partial charge is 0.385 e. The van der Waals surface area contributed by atoms with Crippen LogP contribution in [0.1, 0.15) is 12.8 Å². The van der Waals surface area contributed by atoms with E-state index < -0.39 is 0 Å². The minimum atomic E-state index is -0.176. The van der Waals surface area contributed by atoms with Gasteiger partial charge in [-0.3, -0.25) is 0 Å². The van der Waals surface area contributed by atoms with Crippen LogP contribution in [0, 0.1) is 11.7 Å². The van der Waals surface area contributed by atoms with Crippen molar-refractivity contribution in [2.45, 2.75) is 12.8 Å². The van der Waals surface area contributed by atoms with E-state index in [0.29, 0.717) is 0 Å². The molecule has 1 saturated heterocycles. The molecule has 0 aromatic heterocycles. The molecule has 0 unspecified atom stereocenters. The highest BCUT2D eigenvalue weighted by molar-refractivity contribution is 5.42. The van der Waals surface area contributed by atoms with Crippen LogP contribution >= 0.6 is 0 Å². The minimum Gasteiger partial charge on any atom is -0.385 e. The van der Waals surface area contributed by atoms with Crippen molar-refractivity contribution in [2.75, 3.05) is 25.0 Å².